The Labute approximate surface area is 131 Å². The van der Waals surface area contributed by atoms with Crippen LogP contribution in [0.4, 0.5) is 0 Å². The zero-order chi connectivity index (χ0) is 15.5. The summed E-state index contributed by atoms with van der Waals surface area (Å²) in [4.78, 5) is 4.49. The van der Waals surface area contributed by atoms with E-state index < -0.39 is 0 Å². The molecular formula is C15H24ClN3O2. The second-order valence-corrected chi connectivity index (χ2v) is 4.96. The molecule has 0 fully saturated rings. The van der Waals surface area contributed by atoms with Gasteiger partial charge in [-0.2, -0.15) is 0 Å². The number of aliphatic imine (C=N–C) groups is 1. The number of hydrogen-bond acceptors (Lipinski definition) is 3. The molecule has 5 nitrogen and oxygen atoms in total. The van der Waals surface area contributed by atoms with Crippen LogP contribution in [0, 0.1) is 0 Å². The average molecular weight is 314 g/mol. The fraction of sp³-hybridized carbons (Fsp3) is 0.533. The van der Waals surface area contributed by atoms with Gasteiger partial charge < -0.3 is 20.1 Å². The standard InChI is InChI=1S/C15H24ClN3O2/c1-4-17-15(18-9-10-20-3)19-11-12(2)21-14-7-5-13(16)6-8-14/h5-8,12H,4,9-11H2,1-3H3,(H2,17,18,19). The van der Waals surface area contributed by atoms with Gasteiger partial charge in [0.2, 0.25) is 0 Å². The third kappa shape index (κ3) is 7.78. The highest BCUT2D eigenvalue weighted by Gasteiger charge is 2.04. The molecule has 0 saturated carbocycles. The first-order valence-electron chi connectivity index (χ1n) is 7.09. The highest BCUT2D eigenvalue weighted by molar-refractivity contribution is 6.30. The van der Waals surface area contributed by atoms with E-state index in [2.05, 4.69) is 15.6 Å². The van der Waals surface area contributed by atoms with Gasteiger partial charge in [-0.1, -0.05) is 11.6 Å². The molecule has 118 valence electrons. The highest BCUT2D eigenvalue weighted by Crippen LogP contribution is 2.16. The van der Waals surface area contributed by atoms with Crippen LogP contribution in [0.3, 0.4) is 0 Å². The number of hydrogen-bond donors (Lipinski definition) is 2. The zero-order valence-electron chi connectivity index (χ0n) is 12.9. The van der Waals surface area contributed by atoms with E-state index in [9.17, 15) is 0 Å². The second-order valence-electron chi connectivity index (χ2n) is 4.52. The van der Waals surface area contributed by atoms with Gasteiger partial charge in [0.25, 0.3) is 0 Å². The number of ether oxygens (including phenoxy) is 2. The lowest BCUT2D eigenvalue weighted by Gasteiger charge is -2.15. The second kappa shape index (κ2) is 10.3. The summed E-state index contributed by atoms with van der Waals surface area (Å²) in [5.41, 5.74) is 0. The van der Waals surface area contributed by atoms with Crippen molar-refractivity contribution in [2.45, 2.75) is 20.0 Å². The number of methoxy groups -OCH3 is 1. The molecule has 1 aromatic carbocycles. The van der Waals surface area contributed by atoms with Crippen molar-refractivity contribution in [1.29, 1.82) is 0 Å². The molecule has 0 heterocycles. The molecule has 0 spiro atoms. The number of halogens is 1. The predicted molar refractivity (Wildman–Crippen MR) is 87.4 cm³/mol. The largest absolute Gasteiger partial charge is 0.489 e. The summed E-state index contributed by atoms with van der Waals surface area (Å²) in [6, 6.07) is 7.32. The lowest BCUT2D eigenvalue weighted by molar-refractivity contribution is 0.203. The van der Waals surface area contributed by atoms with Gasteiger partial charge in [-0.05, 0) is 38.1 Å². The summed E-state index contributed by atoms with van der Waals surface area (Å²) in [5.74, 6) is 1.56. The summed E-state index contributed by atoms with van der Waals surface area (Å²) in [6.45, 7) is 6.74. The van der Waals surface area contributed by atoms with Crippen molar-refractivity contribution in [1.82, 2.24) is 10.6 Å². The van der Waals surface area contributed by atoms with Crippen LogP contribution in [0.15, 0.2) is 29.3 Å². The van der Waals surface area contributed by atoms with Gasteiger partial charge >= 0.3 is 0 Å². The number of guanidine groups is 1. The van der Waals surface area contributed by atoms with Gasteiger partial charge in [-0.15, -0.1) is 0 Å². The number of nitrogens with zero attached hydrogens (tertiary/aromatic N) is 1. The van der Waals surface area contributed by atoms with Gasteiger partial charge in [0.1, 0.15) is 11.9 Å². The molecule has 0 aliphatic heterocycles. The highest BCUT2D eigenvalue weighted by atomic mass is 35.5. The molecule has 0 aromatic heterocycles. The van der Waals surface area contributed by atoms with Crippen LogP contribution in [-0.4, -0.2) is 45.4 Å². The van der Waals surface area contributed by atoms with Crippen LogP contribution < -0.4 is 15.4 Å². The minimum atomic E-state index is -0.0240. The van der Waals surface area contributed by atoms with Crippen LogP contribution in [0.25, 0.3) is 0 Å². The van der Waals surface area contributed by atoms with E-state index in [1.807, 2.05) is 38.1 Å². The minimum absolute atomic E-state index is 0.0240. The van der Waals surface area contributed by atoms with Crippen LogP contribution >= 0.6 is 11.6 Å². The van der Waals surface area contributed by atoms with E-state index in [-0.39, 0.29) is 6.10 Å². The summed E-state index contributed by atoms with van der Waals surface area (Å²) in [6.07, 6.45) is -0.0240. The van der Waals surface area contributed by atoms with Gasteiger partial charge in [0, 0.05) is 25.2 Å². The van der Waals surface area contributed by atoms with E-state index in [1.165, 1.54) is 0 Å². The monoisotopic (exact) mass is 313 g/mol. The molecule has 0 aliphatic rings. The first kappa shape index (κ1) is 17.6. The van der Waals surface area contributed by atoms with Gasteiger partial charge in [0.15, 0.2) is 5.96 Å². The van der Waals surface area contributed by atoms with Crippen molar-refractivity contribution in [2.24, 2.45) is 4.99 Å². The Bertz CT molecular complexity index is 423. The summed E-state index contributed by atoms with van der Waals surface area (Å²) in [7, 11) is 1.67. The molecule has 1 aromatic rings. The molecule has 0 bridgehead atoms. The number of nitrogens with one attached hydrogen (secondary N) is 2. The van der Waals surface area contributed by atoms with Crippen molar-refractivity contribution in [3.8, 4) is 5.75 Å². The van der Waals surface area contributed by atoms with E-state index in [0.717, 1.165) is 24.8 Å². The molecule has 2 N–H and O–H groups in total. The molecule has 21 heavy (non-hydrogen) atoms. The minimum Gasteiger partial charge on any atom is -0.489 e. The third-order valence-electron chi connectivity index (χ3n) is 2.60. The Kier molecular flexibility index (Phi) is 8.62. The maximum Gasteiger partial charge on any atom is 0.191 e. The smallest absolute Gasteiger partial charge is 0.191 e. The molecule has 6 heteroatoms. The van der Waals surface area contributed by atoms with Gasteiger partial charge in [-0.25, -0.2) is 4.99 Å². The Hall–Kier alpha value is -1.46. The molecule has 1 unspecified atom stereocenters. The Morgan fingerprint density at radius 2 is 2.00 bits per heavy atom. The topological polar surface area (TPSA) is 54.9 Å². The molecule has 1 atom stereocenters. The first-order chi connectivity index (χ1) is 10.2. The maximum absolute atomic E-state index is 5.84. The molecule has 0 radical (unpaired) electrons. The molecule has 0 saturated heterocycles. The van der Waals surface area contributed by atoms with Crippen LogP contribution in [0.5, 0.6) is 5.75 Å². The SMILES string of the molecule is CCNC(=NCC(C)Oc1ccc(Cl)cc1)NCCOC. The number of rotatable bonds is 8. The zero-order valence-corrected chi connectivity index (χ0v) is 13.6. The maximum atomic E-state index is 5.84. The fourth-order valence-electron chi connectivity index (χ4n) is 1.62. The van der Waals surface area contributed by atoms with E-state index in [0.29, 0.717) is 18.2 Å². The van der Waals surface area contributed by atoms with E-state index >= 15 is 0 Å². The third-order valence-corrected chi connectivity index (χ3v) is 2.85. The molecule has 0 aliphatic carbocycles. The lowest BCUT2D eigenvalue weighted by atomic mass is 10.3. The molecule has 0 amide bonds. The van der Waals surface area contributed by atoms with Crippen LogP contribution in [0.1, 0.15) is 13.8 Å². The van der Waals surface area contributed by atoms with Crippen molar-refractivity contribution >= 4 is 17.6 Å². The van der Waals surface area contributed by atoms with E-state index in [4.69, 9.17) is 21.1 Å². The summed E-state index contributed by atoms with van der Waals surface area (Å²) in [5, 5.41) is 7.07. The fourth-order valence-corrected chi connectivity index (χ4v) is 1.74. The lowest BCUT2D eigenvalue weighted by Crippen LogP contribution is -2.39. The summed E-state index contributed by atoms with van der Waals surface area (Å²) < 4.78 is 10.8. The van der Waals surface area contributed by atoms with Crippen molar-refractivity contribution in [2.75, 3.05) is 33.4 Å². The van der Waals surface area contributed by atoms with E-state index in [1.54, 1.807) is 7.11 Å². The Balaban J connectivity index is 2.44. The Morgan fingerprint density at radius 1 is 1.29 bits per heavy atom. The van der Waals surface area contributed by atoms with Crippen molar-refractivity contribution < 1.29 is 9.47 Å². The molecule has 1 rings (SSSR count). The average Bonchev–Trinajstić information content (AvgIpc) is 2.47. The van der Waals surface area contributed by atoms with Gasteiger partial charge in [-0.3, -0.25) is 0 Å². The number of benzene rings is 1. The predicted octanol–water partition coefficient (Wildman–Crippen LogP) is 2.31. The molecular weight excluding hydrogens is 290 g/mol. The van der Waals surface area contributed by atoms with Crippen molar-refractivity contribution in [3.05, 3.63) is 29.3 Å². The summed E-state index contributed by atoms with van der Waals surface area (Å²) >= 11 is 5.84. The Morgan fingerprint density at radius 3 is 2.62 bits per heavy atom. The van der Waals surface area contributed by atoms with Crippen molar-refractivity contribution in [3.63, 3.8) is 0 Å². The van der Waals surface area contributed by atoms with Crippen LogP contribution in [0.2, 0.25) is 5.02 Å². The quantitative estimate of drug-likeness (QED) is 0.439. The normalized spacial score (nSPS) is 12.9. The van der Waals surface area contributed by atoms with Crippen LogP contribution in [-0.2, 0) is 4.74 Å². The van der Waals surface area contributed by atoms with Gasteiger partial charge in [0.05, 0.1) is 13.2 Å². The first-order valence-corrected chi connectivity index (χ1v) is 7.46.